The van der Waals surface area contributed by atoms with Crippen molar-refractivity contribution in [3.8, 4) is 16.9 Å². The van der Waals surface area contributed by atoms with E-state index in [1.165, 1.54) is 30.4 Å². The minimum absolute atomic E-state index is 0.620. The van der Waals surface area contributed by atoms with Gasteiger partial charge in [-0.15, -0.1) is 0 Å². The fourth-order valence-electron chi connectivity index (χ4n) is 3.39. The molecule has 26 heavy (non-hydrogen) atoms. The van der Waals surface area contributed by atoms with Crippen LogP contribution in [-0.2, 0) is 0 Å². The fourth-order valence-corrected chi connectivity index (χ4v) is 3.39. The molecule has 3 aromatic rings. The Morgan fingerprint density at radius 3 is 2.54 bits per heavy atom. The maximum atomic E-state index is 6.22. The molecule has 1 heterocycles. The fraction of sp³-hybridized carbons (Fsp3) is 0.375. The average molecular weight is 348 g/mol. The Bertz CT molecular complexity index is 841. The number of fused-ring (bicyclic) bond motifs is 1. The maximum Gasteiger partial charge on any atom is 0.141 e. The van der Waals surface area contributed by atoms with Crippen LogP contribution < -0.4 is 4.74 Å². The molecule has 0 saturated carbocycles. The monoisotopic (exact) mass is 347 g/mol. The number of unbranched alkanes of at least 4 members (excludes halogenated alkanes) is 1. The summed E-state index contributed by atoms with van der Waals surface area (Å²) in [5.41, 5.74) is 4.41. The summed E-state index contributed by atoms with van der Waals surface area (Å²) < 4.78 is 6.22. The lowest BCUT2D eigenvalue weighted by atomic mass is 9.99. The normalized spacial score (nSPS) is 12.3. The second kappa shape index (κ2) is 8.84. The van der Waals surface area contributed by atoms with E-state index in [2.05, 4.69) is 62.4 Å². The van der Waals surface area contributed by atoms with Gasteiger partial charge in [0.1, 0.15) is 5.75 Å². The molecule has 2 aromatic carbocycles. The maximum absolute atomic E-state index is 6.22. The van der Waals surface area contributed by atoms with Crippen LogP contribution in [0.2, 0.25) is 0 Å². The first kappa shape index (κ1) is 18.4. The Morgan fingerprint density at radius 1 is 1.00 bits per heavy atom. The number of ether oxygens (including phenoxy) is 1. The highest BCUT2D eigenvalue weighted by molar-refractivity contribution is 5.95. The quantitative estimate of drug-likeness (QED) is 0.447. The van der Waals surface area contributed by atoms with E-state index in [0.29, 0.717) is 5.92 Å². The third-order valence-electron chi connectivity index (χ3n) is 5.11. The van der Waals surface area contributed by atoms with Gasteiger partial charge < -0.3 is 4.74 Å². The molecule has 2 heteroatoms. The van der Waals surface area contributed by atoms with Gasteiger partial charge in [-0.05, 0) is 42.5 Å². The summed E-state index contributed by atoms with van der Waals surface area (Å²) in [5, 5.41) is 1.15. The lowest BCUT2D eigenvalue weighted by molar-refractivity contribution is 0.231. The van der Waals surface area contributed by atoms with Gasteiger partial charge in [0.15, 0.2) is 0 Å². The average Bonchev–Trinajstić information content (AvgIpc) is 2.68. The Labute approximate surface area is 157 Å². The van der Waals surface area contributed by atoms with Gasteiger partial charge in [0.25, 0.3) is 0 Å². The van der Waals surface area contributed by atoms with Crippen molar-refractivity contribution in [2.45, 2.75) is 46.5 Å². The largest absolute Gasteiger partial charge is 0.491 e. The van der Waals surface area contributed by atoms with Crippen LogP contribution in [0.25, 0.3) is 22.0 Å². The van der Waals surface area contributed by atoms with Gasteiger partial charge in [-0.2, -0.15) is 0 Å². The lowest BCUT2D eigenvalue weighted by Gasteiger charge is -2.17. The number of hydrogen-bond acceptors (Lipinski definition) is 2. The summed E-state index contributed by atoms with van der Waals surface area (Å²) in [7, 11) is 0. The van der Waals surface area contributed by atoms with Gasteiger partial charge in [-0.25, -0.2) is 4.98 Å². The molecule has 0 aliphatic carbocycles. The van der Waals surface area contributed by atoms with Gasteiger partial charge in [-0.3, -0.25) is 0 Å². The zero-order valence-corrected chi connectivity index (χ0v) is 16.2. The van der Waals surface area contributed by atoms with Crippen molar-refractivity contribution in [1.29, 1.82) is 0 Å². The van der Waals surface area contributed by atoms with Crippen molar-refractivity contribution in [3.05, 3.63) is 60.3 Å². The molecular formula is C24H29NO. The van der Waals surface area contributed by atoms with Crippen LogP contribution in [0.5, 0.6) is 5.75 Å². The molecule has 3 rings (SSSR count). The van der Waals surface area contributed by atoms with Crippen LogP contribution in [0.4, 0.5) is 0 Å². The number of aryl methyl sites for hydroxylation is 1. The number of rotatable bonds is 8. The van der Waals surface area contributed by atoms with E-state index in [4.69, 9.17) is 9.72 Å². The summed E-state index contributed by atoms with van der Waals surface area (Å²) in [6, 6.07) is 19.0. The first-order chi connectivity index (χ1) is 12.7. The molecule has 1 aromatic heterocycles. The molecule has 0 aliphatic heterocycles. The predicted octanol–water partition coefficient (Wildman–Crippen LogP) is 6.81. The van der Waals surface area contributed by atoms with Crippen molar-refractivity contribution in [2.75, 3.05) is 6.61 Å². The van der Waals surface area contributed by atoms with Crippen LogP contribution in [-0.4, -0.2) is 11.6 Å². The van der Waals surface area contributed by atoms with Crippen molar-refractivity contribution < 1.29 is 4.74 Å². The minimum Gasteiger partial charge on any atom is -0.491 e. The SMILES string of the molecule is CCCCC(CC)COc1cc2c(-c3ccccc3)cccc2nc1C. The number of benzene rings is 2. The van der Waals surface area contributed by atoms with Gasteiger partial charge in [0.05, 0.1) is 17.8 Å². The summed E-state index contributed by atoms with van der Waals surface area (Å²) in [6.07, 6.45) is 4.92. The summed E-state index contributed by atoms with van der Waals surface area (Å²) >= 11 is 0. The third kappa shape index (κ3) is 4.24. The van der Waals surface area contributed by atoms with Crippen LogP contribution in [0.1, 0.15) is 45.2 Å². The molecule has 0 fully saturated rings. The van der Waals surface area contributed by atoms with E-state index in [-0.39, 0.29) is 0 Å². The predicted molar refractivity (Wildman–Crippen MR) is 111 cm³/mol. The zero-order valence-electron chi connectivity index (χ0n) is 16.2. The lowest BCUT2D eigenvalue weighted by Crippen LogP contribution is -2.12. The Kier molecular flexibility index (Phi) is 6.27. The van der Waals surface area contributed by atoms with E-state index in [9.17, 15) is 0 Å². The molecule has 0 spiro atoms. The highest BCUT2D eigenvalue weighted by Crippen LogP contribution is 2.32. The van der Waals surface area contributed by atoms with Crippen LogP contribution in [0, 0.1) is 12.8 Å². The second-order valence-electron chi connectivity index (χ2n) is 7.04. The highest BCUT2D eigenvalue weighted by atomic mass is 16.5. The molecule has 0 N–H and O–H groups in total. The first-order valence-corrected chi connectivity index (χ1v) is 9.81. The van der Waals surface area contributed by atoms with Gasteiger partial charge in [0, 0.05) is 5.39 Å². The molecule has 0 saturated heterocycles. The topological polar surface area (TPSA) is 22.1 Å². The smallest absolute Gasteiger partial charge is 0.141 e. The number of pyridine rings is 1. The zero-order chi connectivity index (χ0) is 18.4. The standard InChI is InChI=1S/C24H29NO/c1-4-6-11-19(5-2)17-26-24-16-22-21(20-12-8-7-9-13-20)14-10-15-23(22)25-18(24)3/h7-10,12-16,19H,4-6,11,17H2,1-3H3. The summed E-state index contributed by atoms with van der Waals surface area (Å²) in [6.45, 7) is 7.31. The third-order valence-corrected chi connectivity index (χ3v) is 5.11. The van der Waals surface area contributed by atoms with Gasteiger partial charge >= 0.3 is 0 Å². The van der Waals surface area contributed by atoms with Crippen molar-refractivity contribution in [3.63, 3.8) is 0 Å². The minimum atomic E-state index is 0.620. The van der Waals surface area contributed by atoms with E-state index < -0.39 is 0 Å². The first-order valence-electron chi connectivity index (χ1n) is 9.81. The molecule has 0 bridgehead atoms. The molecule has 1 unspecified atom stereocenters. The number of hydrogen-bond donors (Lipinski definition) is 0. The molecule has 0 amide bonds. The van der Waals surface area contributed by atoms with Gasteiger partial charge in [0.2, 0.25) is 0 Å². The van der Waals surface area contributed by atoms with Gasteiger partial charge in [-0.1, -0.05) is 75.6 Å². The van der Waals surface area contributed by atoms with E-state index in [0.717, 1.165) is 35.4 Å². The van der Waals surface area contributed by atoms with Crippen LogP contribution in [0.15, 0.2) is 54.6 Å². The van der Waals surface area contributed by atoms with Crippen molar-refractivity contribution >= 4 is 10.9 Å². The Balaban J connectivity index is 1.91. The molecule has 136 valence electrons. The Hall–Kier alpha value is -2.35. The summed E-state index contributed by atoms with van der Waals surface area (Å²) in [4.78, 5) is 4.80. The highest BCUT2D eigenvalue weighted by Gasteiger charge is 2.12. The Morgan fingerprint density at radius 2 is 1.81 bits per heavy atom. The van der Waals surface area contributed by atoms with E-state index in [1.54, 1.807) is 0 Å². The van der Waals surface area contributed by atoms with Crippen LogP contribution in [0.3, 0.4) is 0 Å². The molecule has 0 aliphatic rings. The molecule has 0 radical (unpaired) electrons. The molecule has 2 nitrogen and oxygen atoms in total. The molecular weight excluding hydrogens is 318 g/mol. The van der Waals surface area contributed by atoms with Crippen molar-refractivity contribution in [2.24, 2.45) is 5.92 Å². The van der Waals surface area contributed by atoms with Crippen LogP contribution >= 0.6 is 0 Å². The van der Waals surface area contributed by atoms with E-state index >= 15 is 0 Å². The second-order valence-corrected chi connectivity index (χ2v) is 7.04. The van der Waals surface area contributed by atoms with Crippen molar-refractivity contribution in [1.82, 2.24) is 4.98 Å². The summed E-state index contributed by atoms with van der Waals surface area (Å²) in [5.74, 6) is 1.53. The number of nitrogens with zero attached hydrogens (tertiary/aromatic N) is 1. The van der Waals surface area contributed by atoms with E-state index in [1.807, 2.05) is 13.0 Å². The molecule has 1 atom stereocenters. The number of aromatic nitrogens is 1.